The Morgan fingerprint density at radius 1 is 1.60 bits per heavy atom. The molecule has 60 valence electrons. The second-order valence-electron chi connectivity index (χ2n) is 0.757. The first-order valence-corrected chi connectivity index (χ1v) is 1.49. The van der Waals surface area contributed by atoms with Gasteiger partial charge in [-0.1, -0.05) is 0 Å². The number of nitrogens with zero attached hydrogens (tertiary/aromatic N) is 1. The highest BCUT2D eigenvalue weighted by Gasteiger charge is 1.65. The Balaban J connectivity index is -0.0000000300. The van der Waals surface area contributed by atoms with Gasteiger partial charge in [0.2, 0.25) is 0 Å². The van der Waals surface area contributed by atoms with Crippen LogP contribution in [0.2, 0.25) is 0 Å². The van der Waals surface area contributed by atoms with Crippen LogP contribution in [-0.4, -0.2) is 44.4 Å². The Kier molecular flexibility index (Phi) is 35.9. The van der Waals surface area contributed by atoms with Crippen molar-refractivity contribution in [2.24, 2.45) is 0 Å². The van der Waals surface area contributed by atoms with Crippen molar-refractivity contribution in [2.75, 3.05) is 0 Å². The standard InChI is InChI=1S/C2H4O2.Mg.HNO3.H3N.2H/c1-2(3)4;;2-1(3)4;;;/h1H3,(H,3,4);;(H,2,3,4);1H3;;. The van der Waals surface area contributed by atoms with Crippen LogP contribution in [0, 0.1) is 10.1 Å². The molecular formula is C2H10MgN2O5. The van der Waals surface area contributed by atoms with Crippen molar-refractivity contribution < 1.29 is 20.2 Å². The number of hydrogen-bond donors (Lipinski definition) is 3. The summed E-state index contributed by atoms with van der Waals surface area (Å²) in [6.45, 7) is 1.08. The van der Waals surface area contributed by atoms with Crippen LogP contribution >= 0.6 is 0 Å². The van der Waals surface area contributed by atoms with Crippen LogP contribution in [0.5, 0.6) is 0 Å². The first kappa shape index (κ1) is 22.7. The first-order chi connectivity index (χ1) is 3.46. The Hall–Kier alpha value is -0.604. The maximum atomic E-state index is 9.00. The molecule has 0 aliphatic carbocycles. The molecule has 0 rings (SSSR count). The minimum Gasteiger partial charge on any atom is -0.481 e. The predicted molar refractivity (Wildman–Crippen MR) is 35.7 cm³/mol. The zero-order valence-electron chi connectivity index (χ0n) is 4.77. The van der Waals surface area contributed by atoms with E-state index in [2.05, 4.69) is 0 Å². The zero-order chi connectivity index (χ0) is 7.15. The van der Waals surface area contributed by atoms with E-state index in [0.29, 0.717) is 0 Å². The minimum absolute atomic E-state index is 0. The Bertz CT molecular complexity index is 75.6. The average molecular weight is 166 g/mol. The lowest BCUT2D eigenvalue weighted by Gasteiger charge is -1.59. The van der Waals surface area contributed by atoms with Crippen molar-refractivity contribution >= 4 is 29.0 Å². The normalized spacial score (nSPS) is 4.90. The monoisotopic (exact) mass is 166 g/mol. The number of carboxylic acid groups (broad SMARTS) is 1. The van der Waals surface area contributed by atoms with Crippen LogP contribution in [0.4, 0.5) is 0 Å². The van der Waals surface area contributed by atoms with Gasteiger partial charge in [-0.15, -0.1) is 10.1 Å². The highest BCUT2D eigenvalue weighted by molar-refractivity contribution is 5.75. The molecule has 0 amide bonds. The molecule has 0 unspecified atom stereocenters. The lowest BCUT2D eigenvalue weighted by atomic mass is 10.9. The van der Waals surface area contributed by atoms with Crippen LogP contribution in [-0.2, 0) is 4.79 Å². The van der Waals surface area contributed by atoms with Crippen LogP contribution in [0.3, 0.4) is 0 Å². The molecular weight excluding hydrogens is 156 g/mol. The molecule has 0 bridgehead atoms. The van der Waals surface area contributed by atoms with Gasteiger partial charge in [0.15, 0.2) is 0 Å². The summed E-state index contributed by atoms with van der Waals surface area (Å²) in [5.74, 6) is -0.833. The molecule has 0 aliphatic heterocycles. The Morgan fingerprint density at radius 3 is 1.60 bits per heavy atom. The van der Waals surface area contributed by atoms with Gasteiger partial charge in [0.05, 0.1) is 0 Å². The maximum absolute atomic E-state index is 9.00. The highest BCUT2D eigenvalue weighted by Crippen LogP contribution is 1.42. The van der Waals surface area contributed by atoms with E-state index >= 15 is 0 Å². The molecule has 7 nitrogen and oxygen atoms in total. The third-order valence-corrected chi connectivity index (χ3v) is 0. The van der Waals surface area contributed by atoms with E-state index in [-0.39, 0.29) is 29.2 Å². The zero-order valence-corrected chi connectivity index (χ0v) is 4.77. The van der Waals surface area contributed by atoms with E-state index in [9.17, 15) is 0 Å². The van der Waals surface area contributed by atoms with E-state index < -0.39 is 11.1 Å². The van der Waals surface area contributed by atoms with Crippen molar-refractivity contribution in [3.63, 3.8) is 0 Å². The number of aliphatic carboxylic acids is 1. The van der Waals surface area contributed by atoms with Gasteiger partial charge in [-0.2, -0.15) is 0 Å². The molecule has 0 radical (unpaired) electrons. The summed E-state index contributed by atoms with van der Waals surface area (Å²) >= 11 is 0. The number of carbonyl (C=O) groups is 1. The molecule has 5 N–H and O–H groups in total. The second kappa shape index (κ2) is 15.8. The summed E-state index contributed by atoms with van der Waals surface area (Å²) in [6, 6.07) is 0. The summed E-state index contributed by atoms with van der Waals surface area (Å²) < 4.78 is 0. The van der Waals surface area contributed by atoms with Gasteiger partial charge in [-0.3, -0.25) is 4.79 Å². The fourth-order valence-corrected chi connectivity index (χ4v) is 0. The van der Waals surface area contributed by atoms with Gasteiger partial charge in [0.25, 0.3) is 11.1 Å². The van der Waals surface area contributed by atoms with Crippen molar-refractivity contribution in [3.05, 3.63) is 10.1 Å². The van der Waals surface area contributed by atoms with Gasteiger partial charge in [-0.05, 0) is 0 Å². The van der Waals surface area contributed by atoms with Crippen LogP contribution in [0.1, 0.15) is 6.92 Å². The van der Waals surface area contributed by atoms with Crippen molar-refractivity contribution in [1.82, 2.24) is 6.15 Å². The average Bonchev–Trinajstić information content (AvgIpc) is 1.25. The molecule has 0 saturated heterocycles. The van der Waals surface area contributed by atoms with Crippen molar-refractivity contribution in [3.8, 4) is 0 Å². The lowest BCUT2D eigenvalue weighted by molar-refractivity contribution is -0.742. The van der Waals surface area contributed by atoms with Gasteiger partial charge in [0.1, 0.15) is 0 Å². The summed E-state index contributed by atoms with van der Waals surface area (Å²) in [5, 5.41) is 21.1. The summed E-state index contributed by atoms with van der Waals surface area (Å²) in [6.07, 6.45) is 0. The summed E-state index contributed by atoms with van der Waals surface area (Å²) in [5.41, 5.74) is 0. The molecule has 0 aromatic carbocycles. The van der Waals surface area contributed by atoms with Gasteiger partial charge >= 0.3 is 23.1 Å². The minimum atomic E-state index is -1.50. The fraction of sp³-hybridized carbons (Fsp3) is 0.500. The van der Waals surface area contributed by atoms with Gasteiger partial charge < -0.3 is 16.5 Å². The molecule has 10 heavy (non-hydrogen) atoms. The molecule has 0 aromatic heterocycles. The van der Waals surface area contributed by atoms with Crippen LogP contribution in [0.25, 0.3) is 0 Å². The third-order valence-electron chi connectivity index (χ3n) is 0. The largest absolute Gasteiger partial charge is 0.481 e. The first-order valence-electron chi connectivity index (χ1n) is 1.49. The fourth-order valence-electron chi connectivity index (χ4n) is 0. The smallest absolute Gasteiger partial charge is 0.316 e. The van der Waals surface area contributed by atoms with Gasteiger partial charge in [0, 0.05) is 6.92 Å². The number of rotatable bonds is 0. The van der Waals surface area contributed by atoms with E-state index in [1.807, 2.05) is 0 Å². The Labute approximate surface area is 72.9 Å². The number of hydrogen-bond acceptors (Lipinski definition) is 4. The molecule has 0 fully saturated rings. The molecule has 0 saturated carbocycles. The maximum Gasteiger partial charge on any atom is 0.316 e. The van der Waals surface area contributed by atoms with Crippen LogP contribution < -0.4 is 6.15 Å². The van der Waals surface area contributed by atoms with Crippen molar-refractivity contribution in [1.29, 1.82) is 0 Å². The topological polar surface area (TPSA) is 136 Å². The quantitative estimate of drug-likeness (QED) is 0.240. The van der Waals surface area contributed by atoms with E-state index in [1.165, 1.54) is 0 Å². The highest BCUT2D eigenvalue weighted by atomic mass is 24.3. The molecule has 0 aliphatic rings. The molecule has 0 spiro atoms. The molecule has 8 heteroatoms. The number of carboxylic acids is 1. The van der Waals surface area contributed by atoms with E-state index in [4.69, 9.17) is 25.2 Å². The van der Waals surface area contributed by atoms with Gasteiger partial charge in [-0.25, -0.2) is 0 Å². The molecule has 0 atom stereocenters. The second-order valence-corrected chi connectivity index (χ2v) is 0.757. The van der Waals surface area contributed by atoms with E-state index in [0.717, 1.165) is 6.92 Å². The Morgan fingerprint density at radius 2 is 1.60 bits per heavy atom. The van der Waals surface area contributed by atoms with E-state index in [1.54, 1.807) is 0 Å². The predicted octanol–water partition coefficient (Wildman–Crippen LogP) is -1.01. The van der Waals surface area contributed by atoms with Crippen LogP contribution in [0.15, 0.2) is 0 Å². The summed E-state index contributed by atoms with van der Waals surface area (Å²) in [4.78, 5) is 17.4. The SMILES string of the molecule is CC(=O)O.N.O=[N+]([O-])O.[MgH2]. The molecule has 0 aromatic rings. The lowest BCUT2D eigenvalue weighted by Crippen LogP contribution is -1.81. The third kappa shape index (κ3) is 830. The van der Waals surface area contributed by atoms with Crippen molar-refractivity contribution in [2.45, 2.75) is 6.92 Å². The molecule has 0 heterocycles. The summed E-state index contributed by atoms with van der Waals surface area (Å²) in [7, 11) is 0.